The van der Waals surface area contributed by atoms with Crippen LogP contribution in [-0.4, -0.2) is 5.97 Å². The van der Waals surface area contributed by atoms with Gasteiger partial charge in [-0.25, -0.2) is 0 Å². The van der Waals surface area contributed by atoms with Crippen molar-refractivity contribution in [3.8, 4) is 5.75 Å². The van der Waals surface area contributed by atoms with Gasteiger partial charge < -0.3 is 4.74 Å². The Hall–Kier alpha value is -1.31. The minimum atomic E-state index is -0.175. The average Bonchev–Trinajstić information content (AvgIpc) is 2.27. The highest BCUT2D eigenvalue weighted by atomic mass is 16.5. The summed E-state index contributed by atoms with van der Waals surface area (Å²) >= 11 is 0. The molecule has 1 aliphatic rings. The molecule has 1 radical (unpaired) electrons. The van der Waals surface area contributed by atoms with Gasteiger partial charge in [0.2, 0.25) is 0 Å². The van der Waals surface area contributed by atoms with E-state index in [-0.39, 0.29) is 5.97 Å². The Kier molecular flexibility index (Phi) is 1.22. The predicted molar refractivity (Wildman–Crippen MR) is 40.2 cm³/mol. The molecule has 0 fully saturated rings. The van der Waals surface area contributed by atoms with Crippen molar-refractivity contribution in [3.63, 3.8) is 0 Å². The average molecular weight is 147 g/mol. The number of fused-ring (bicyclic) bond motifs is 1. The van der Waals surface area contributed by atoms with Crippen LogP contribution in [0.15, 0.2) is 18.2 Å². The van der Waals surface area contributed by atoms with Gasteiger partial charge in [0, 0.05) is 5.56 Å². The van der Waals surface area contributed by atoms with E-state index < -0.39 is 0 Å². The molecule has 1 aromatic rings. The van der Waals surface area contributed by atoms with Crippen LogP contribution in [0.2, 0.25) is 0 Å². The second kappa shape index (κ2) is 2.09. The lowest BCUT2D eigenvalue weighted by atomic mass is 10.1. The summed E-state index contributed by atoms with van der Waals surface area (Å²) < 4.78 is 4.90. The Balaban J connectivity index is 2.51. The molecule has 0 N–H and O–H groups in total. The number of carbonyl (C=O) groups is 1. The zero-order valence-corrected chi connectivity index (χ0v) is 5.96. The van der Waals surface area contributed by atoms with Crippen LogP contribution in [0.25, 0.3) is 0 Å². The van der Waals surface area contributed by atoms with Gasteiger partial charge in [0.05, 0.1) is 6.42 Å². The second-order valence-corrected chi connectivity index (χ2v) is 2.59. The second-order valence-electron chi connectivity index (χ2n) is 2.59. The van der Waals surface area contributed by atoms with Crippen LogP contribution in [-0.2, 0) is 11.2 Å². The summed E-state index contributed by atoms with van der Waals surface area (Å²) in [6.45, 7) is 3.76. The summed E-state index contributed by atoms with van der Waals surface area (Å²) in [5.41, 5.74) is 1.87. The highest BCUT2D eigenvalue weighted by molar-refractivity contribution is 5.81. The molecule has 2 heteroatoms. The van der Waals surface area contributed by atoms with Crippen molar-refractivity contribution in [3.05, 3.63) is 36.2 Å². The molecule has 2 rings (SSSR count). The molecule has 0 aromatic heterocycles. The molecular formula is C9H7O2. The summed E-state index contributed by atoms with van der Waals surface area (Å²) in [4.78, 5) is 10.8. The van der Waals surface area contributed by atoms with E-state index in [1.54, 1.807) is 6.07 Å². The van der Waals surface area contributed by atoms with E-state index in [1.807, 2.05) is 12.1 Å². The summed E-state index contributed by atoms with van der Waals surface area (Å²) in [6, 6.07) is 5.49. The molecule has 0 saturated carbocycles. The van der Waals surface area contributed by atoms with Crippen LogP contribution < -0.4 is 4.74 Å². The number of rotatable bonds is 0. The fraction of sp³-hybridized carbons (Fsp3) is 0.111. The van der Waals surface area contributed by atoms with Gasteiger partial charge in [0.1, 0.15) is 5.75 Å². The first-order chi connectivity index (χ1) is 5.25. The van der Waals surface area contributed by atoms with Crippen molar-refractivity contribution in [2.45, 2.75) is 6.42 Å². The van der Waals surface area contributed by atoms with Gasteiger partial charge in [-0.05, 0) is 18.6 Å². The molecule has 0 saturated heterocycles. The largest absolute Gasteiger partial charge is 0.426 e. The Morgan fingerprint density at radius 1 is 1.45 bits per heavy atom. The zero-order valence-electron chi connectivity index (χ0n) is 5.96. The number of esters is 1. The van der Waals surface area contributed by atoms with Crippen LogP contribution in [0.3, 0.4) is 0 Å². The molecule has 1 aromatic carbocycles. The van der Waals surface area contributed by atoms with Gasteiger partial charge in [-0.3, -0.25) is 4.79 Å². The van der Waals surface area contributed by atoms with E-state index in [4.69, 9.17) is 4.74 Å². The van der Waals surface area contributed by atoms with E-state index >= 15 is 0 Å². The van der Waals surface area contributed by atoms with Crippen LogP contribution >= 0.6 is 0 Å². The van der Waals surface area contributed by atoms with Crippen LogP contribution in [0.5, 0.6) is 5.75 Å². The zero-order chi connectivity index (χ0) is 7.84. The minimum Gasteiger partial charge on any atom is -0.426 e. The van der Waals surface area contributed by atoms with Gasteiger partial charge in [-0.2, -0.15) is 0 Å². The lowest BCUT2D eigenvalue weighted by Crippen LogP contribution is -1.99. The summed E-state index contributed by atoms with van der Waals surface area (Å²) in [6.07, 6.45) is 0.388. The normalized spacial score (nSPS) is 14.5. The Labute approximate surface area is 64.8 Å². The third-order valence-corrected chi connectivity index (χ3v) is 1.68. The lowest BCUT2D eigenvalue weighted by Gasteiger charge is -1.96. The van der Waals surface area contributed by atoms with E-state index in [1.165, 1.54) is 0 Å². The standard InChI is InChI=1S/C9H7O2/c1-6-2-3-8-7(4-6)5-9(10)11-8/h2-4H,1,5H2. The molecule has 0 bridgehead atoms. The summed E-state index contributed by atoms with van der Waals surface area (Å²) in [5, 5.41) is 0. The minimum absolute atomic E-state index is 0.175. The fourth-order valence-electron chi connectivity index (χ4n) is 1.18. The number of ether oxygens (including phenoxy) is 1. The first kappa shape index (κ1) is 6.40. The van der Waals surface area contributed by atoms with Gasteiger partial charge >= 0.3 is 5.97 Å². The molecule has 0 atom stereocenters. The van der Waals surface area contributed by atoms with Gasteiger partial charge in [-0.15, -0.1) is 0 Å². The van der Waals surface area contributed by atoms with Crippen LogP contribution in [0.4, 0.5) is 0 Å². The van der Waals surface area contributed by atoms with E-state index in [2.05, 4.69) is 6.92 Å². The van der Waals surface area contributed by atoms with Gasteiger partial charge in [0.15, 0.2) is 0 Å². The summed E-state index contributed by atoms with van der Waals surface area (Å²) in [7, 11) is 0. The van der Waals surface area contributed by atoms with Gasteiger partial charge in [-0.1, -0.05) is 12.1 Å². The van der Waals surface area contributed by atoms with Crippen molar-refractivity contribution in [1.29, 1.82) is 0 Å². The first-order valence-electron chi connectivity index (χ1n) is 3.41. The molecule has 1 aliphatic heterocycles. The van der Waals surface area contributed by atoms with E-state index in [9.17, 15) is 4.79 Å². The quantitative estimate of drug-likeness (QED) is 0.408. The first-order valence-corrected chi connectivity index (χ1v) is 3.41. The molecular weight excluding hydrogens is 140 g/mol. The molecule has 11 heavy (non-hydrogen) atoms. The molecule has 0 spiro atoms. The monoisotopic (exact) mass is 147 g/mol. The van der Waals surface area contributed by atoms with Gasteiger partial charge in [0.25, 0.3) is 0 Å². The summed E-state index contributed by atoms with van der Waals surface area (Å²) in [5.74, 6) is 0.507. The smallest absolute Gasteiger partial charge is 0.315 e. The number of carbonyl (C=O) groups excluding carboxylic acids is 1. The van der Waals surface area contributed by atoms with Crippen molar-refractivity contribution >= 4 is 5.97 Å². The number of hydrogen-bond donors (Lipinski definition) is 0. The Morgan fingerprint density at radius 3 is 3.09 bits per heavy atom. The van der Waals surface area contributed by atoms with Crippen LogP contribution in [0.1, 0.15) is 11.1 Å². The molecule has 0 aliphatic carbocycles. The Morgan fingerprint density at radius 2 is 2.27 bits per heavy atom. The molecule has 1 heterocycles. The highest BCUT2D eigenvalue weighted by Crippen LogP contribution is 2.26. The molecule has 2 nitrogen and oxygen atoms in total. The maximum atomic E-state index is 10.8. The number of benzene rings is 1. The van der Waals surface area contributed by atoms with E-state index in [0.717, 1.165) is 11.1 Å². The fourth-order valence-corrected chi connectivity index (χ4v) is 1.18. The number of hydrogen-bond acceptors (Lipinski definition) is 2. The van der Waals surface area contributed by atoms with E-state index in [0.29, 0.717) is 12.2 Å². The Bertz CT molecular complexity index is 315. The lowest BCUT2D eigenvalue weighted by molar-refractivity contribution is -0.131. The maximum Gasteiger partial charge on any atom is 0.315 e. The van der Waals surface area contributed by atoms with Crippen LogP contribution in [0, 0.1) is 6.92 Å². The van der Waals surface area contributed by atoms with Crippen molar-refractivity contribution in [1.82, 2.24) is 0 Å². The third-order valence-electron chi connectivity index (χ3n) is 1.68. The SMILES string of the molecule is [CH2]c1ccc2c(c1)CC(=O)O2. The third kappa shape index (κ3) is 1.00. The molecule has 55 valence electrons. The molecule has 0 amide bonds. The topological polar surface area (TPSA) is 26.3 Å². The van der Waals surface area contributed by atoms with Crippen molar-refractivity contribution < 1.29 is 9.53 Å². The van der Waals surface area contributed by atoms with Crippen molar-refractivity contribution in [2.75, 3.05) is 0 Å². The van der Waals surface area contributed by atoms with Crippen molar-refractivity contribution in [2.24, 2.45) is 0 Å². The maximum absolute atomic E-state index is 10.8. The highest BCUT2D eigenvalue weighted by Gasteiger charge is 2.19. The predicted octanol–water partition coefficient (Wildman–Crippen LogP) is 1.33. The molecule has 0 unspecified atom stereocenters.